The lowest BCUT2D eigenvalue weighted by Crippen LogP contribution is -2.33. The van der Waals surface area contributed by atoms with Crippen molar-refractivity contribution in [3.05, 3.63) is 36.3 Å². The number of ether oxygens (including phenoxy) is 1. The van der Waals surface area contributed by atoms with Crippen LogP contribution >= 0.6 is 0 Å². The molecule has 1 aliphatic carbocycles. The molecule has 1 heterocycles. The van der Waals surface area contributed by atoms with E-state index in [2.05, 4.69) is 22.0 Å². The summed E-state index contributed by atoms with van der Waals surface area (Å²) in [5.41, 5.74) is 0. The molecule has 0 aliphatic heterocycles. The second kappa shape index (κ2) is 7.24. The number of hydrogen-bond acceptors (Lipinski definition) is 3. The minimum absolute atomic E-state index is 0.427. The van der Waals surface area contributed by atoms with Gasteiger partial charge in [-0.3, -0.25) is 0 Å². The maximum atomic E-state index is 13.2. The molecular weight excluding hydrogens is 243 g/mol. The Balaban J connectivity index is 2.04. The zero-order valence-electron chi connectivity index (χ0n) is 11.4. The zero-order valence-corrected chi connectivity index (χ0v) is 11.4. The summed E-state index contributed by atoms with van der Waals surface area (Å²) in [5, 5.41) is 0. The lowest BCUT2D eigenvalue weighted by atomic mass is 9.94. The minimum atomic E-state index is -0.427. The van der Waals surface area contributed by atoms with Gasteiger partial charge in [-0.1, -0.05) is 18.2 Å². The maximum Gasteiger partial charge on any atom is 0.214 e. The third-order valence-corrected chi connectivity index (χ3v) is 3.45. The molecule has 0 aromatic carbocycles. The molecule has 0 saturated carbocycles. The number of aromatic nitrogens is 1. The van der Waals surface area contributed by atoms with Gasteiger partial charge in [0.1, 0.15) is 5.82 Å². The standard InChI is InChI=1S/C15H21FN2O/c1-19-11-10-18(12-13-6-3-2-4-7-13)15-9-5-8-14(16)17-15/h2-3,5,8-9,13H,4,6-7,10-12H2,1H3. The van der Waals surface area contributed by atoms with Gasteiger partial charge in [0, 0.05) is 20.2 Å². The highest BCUT2D eigenvalue weighted by Crippen LogP contribution is 2.21. The third kappa shape index (κ3) is 4.31. The Hall–Kier alpha value is -1.42. The molecule has 1 aliphatic rings. The quantitative estimate of drug-likeness (QED) is 0.583. The SMILES string of the molecule is COCCN(CC1CC=CCC1)c1cccc(F)n1. The van der Waals surface area contributed by atoms with E-state index in [-0.39, 0.29) is 0 Å². The first kappa shape index (κ1) is 14.0. The first-order valence-electron chi connectivity index (χ1n) is 6.81. The fourth-order valence-corrected chi connectivity index (χ4v) is 2.41. The van der Waals surface area contributed by atoms with Crippen molar-refractivity contribution in [2.75, 3.05) is 31.7 Å². The van der Waals surface area contributed by atoms with Crippen LogP contribution < -0.4 is 4.90 Å². The molecule has 19 heavy (non-hydrogen) atoms. The largest absolute Gasteiger partial charge is 0.383 e. The van der Waals surface area contributed by atoms with Crippen LogP contribution in [0.3, 0.4) is 0 Å². The monoisotopic (exact) mass is 264 g/mol. The van der Waals surface area contributed by atoms with E-state index in [9.17, 15) is 4.39 Å². The van der Waals surface area contributed by atoms with Crippen molar-refractivity contribution in [3.8, 4) is 0 Å². The molecule has 1 unspecified atom stereocenters. The molecule has 1 aromatic heterocycles. The summed E-state index contributed by atoms with van der Waals surface area (Å²) in [7, 11) is 1.68. The number of allylic oxidation sites excluding steroid dienone is 2. The van der Waals surface area contributed by atoms with E-state index in [4.69, 9.17) is 4.74 Å². The van der Waals surface area contributed by atoms with Gasteiger partial charge in [-0.15, -0.1) is 0 Å². The van der Waals surface area contributed by atoms with E-state index in [1.165, 1.54) is 12.5 Å². The van der Waals surface area contributed by atoms with Crippen molar-refractivity contribution in [1.82, 2.24) is 4.98 Å². The Morgan fingerprint density at radius 2 is 2.32 bits per heavy atom. The van der Waals surface area contributed by atoms with Crippen LogP contribution in [0.15, 0.2) is 30.4 Å². The fourth-order valence-electron chi connectivity index (χ4n) is 2.41. The van der Waals surface area contributed by atoms with Crippen molar-refractivity contribution in [1.29, 1.82) is 0 Å². The maximum absolute atomic E-state index is 13.2. The summed E-state index contributed by atoms with van der Waals surface area (Å²) in [4.78, 5) is 6.10. The van der Waals surface area contributed by atoms with Crippen LogP contribution in [0.1, 0.15) is 19.3 Å². The summed E-state index contributed by atoms with van der Waals surface area (Å²) < 4.78 is 18.4. The van der Waals surface area contributed by atoms with Crippen LogP contribution in [0.5, 0.6) is 0 Å². The Morgan fingerprint density at radius 1 is 1.42 bits per heavy atom. The van der Waals surface area contributed by atoms with Crippen molar-refractivity contribution in [2.24, 2.45) is 5.92 Å². The van der Waals surface area contributed by atoms with Gasteiger partial charge in [-0.2, -0.15) is 4.39 Å². The molecule has 104 valence electrons. The number of pyridine rings is 1. The predicted octanol–water partition coefficient (Wildman–Crippen LogP) is 3.03. The number of rotatable bonds is 6. The second-order valence-corrected chi connectivity index (χ2v) is 4.91. The van der Waals surface area contributed by atoms with Gasteiger partial charge in [0.2, 0.25) is 5.95 Å². The molecule has 4 heteroatoms. The van der Waals surface area contributed by atoms with E-state index in [1.54, 1.807) is 13.2 Å². The van der Waals surface area contributed by atoms with Crippen LogP contribution in [0.4, 0.5) is 10.2 Å². The Morgan fingerprint density at radius 3 is 3.00 bits per heavy atom. The van der Waals surface area contributed by atoms with Crippen LogP contribution in [0.25, 0.3) is 0 Å². The first-order chi connectivity index (χ1) is 9.29. The lowest BCUT2D eigenvalue weighted by molar-refractivity contribution is 0.203. The van der Waals surface area contributed by atoms with Gasteiger partial charge in [-0.25, -0.2) is 4.98 Å². The average molecular weight is 264 g/mol. The third-order valence-electron chi connectivity index (χ3n) is 3.45. The van der Waals surface area contributed by atoms with Gasteiger partial charge in [0.05, 0.1) is 6.61 Å². The number of hydrogen-bond donors (Lipinski definition) is 0. The molecule has 3 nitrogen and oxygen atoms in total. The van der Waals surface area contributed by atoms with Crippen LogP contribution in [-0.4, -0.2) is 31.8 Å². The highest BCUT2D eigenvalue weighted by atomic mass is 19.1. The van der Waals surface area contributed by atoms with Gasteiger partial charge < -0.3 is 9.64 Å². The Labute approximate surface area is 114 Å². The lowest BCUT2D eigenvalue weighted by Gasteiger charge is -2.29. The number of anilines is 1. The molecule has 0 fully saturated rings. The molecule has 1 aromatic rings. The predicted molar refractivity (Wildman–Crippen MR) is 74.8 cm³/mol. The fraction of sp³-hybridized carbons (Fsp3) is 0.533. The van der Waals surface area contributed by atoms with E-state index in [1.807, 2.05) is 6.07 Å². The Kier molecular flexibility index (Phi) is 5.33. The topological polar surface area (TPSA) is 25.4 Å². The molecule has 2 rings (SSSR count). The van der Waals surface area contributed by atoms with E-state index in [0.29, 0.717) is 18.3 Å². The Bertz CT molecular complexity index is 422. The van der Waals surface area contributed by atoms with Gasteiger partial charge in [-0.05, 0) is 37.3 Å². The summed E-state index contributed by atoms with van der Waals surface area (Å²) in [6.45, 7) is 2.28. The highest BCUT2D eigenvalue weighted by Gasteiger charge is 2.16. The van der Waals surface area contributed by atoms with Crippen molar-refractivity contribution < 1.29 is 9.13 Å². The molecule has 0 spiro atoms. The molecule has 0 bridgehead atoms. The molecule has 0 radical (unpaired) electrons. The van der Waals surface area contributed by atoms with E-state index in [0.717, 1.165) is 25.9 Å². The molecule has 0 amide bonds. The summed E-state index contributed by atoms with van der Waals surface area (Å²) in [6, 6.07) is 4.94. The molecule has 0 saturated heterocycles. The average Bonchev–Trinajstić information content (AvgIpc) is 2.44. The van der Waals surface area contributed by atoms with Gasteiger partial charge >= 0.3 is 0 Å². The second-order valence-electron chi connectivity index (χ2n) is 4.91. The summed E-state index contributed by atoms with van der Waals surface area (Å²) in [6.07, 6.45) is 7.89. The minimum Gasteiger partial charge on any atom is -0.383 e. The zero-order chi connectivity index (χ0) is 13.5. The van der Waals surface area contributed by atoms with Crippen molar-refractivity contribution in [2.45, 2.75) is 19.3 Å². The molecular formula is C15H21FN2O. The van der Waals surface area contributed by atoms with E-state index < -0.39 is 5.95 Å². The smallest absolute Gasteiger partial charge is 0.214 e. The first-order valence-corrected chi connectivity index (χ1v) is 6.81. The van der Waals surface area contributed by atoms with Crippen LogP contribution in [0, 0.1) is 11.9 Å². The number of methoxy groups -OCH3 is 1. The molecule has 0 N–H and O–H groups in total. The van der Waals surface area contributed by atoms with Gasteiger partial charge in [0.15, 0.2) is 0 Å². The summed E-state index contributed by atoms with van der Waals surface area (Å²) in [5.74, 6) is 0.891. The highest BCUT2D eigenvalue weighted by molar-refractivity contribution is 5.38. The number of halogens is 1. The van der Waals surface area contributed by atoms with Gasteiger partial charge in [0.25, 0.3) is 0 Å². The molecule has 1 atom stereocenters. The van der Waals surface area contributed by atoms with E-state index >= 15 is 0 Å². The number of nitrogens with zero attached hydrogens (tertiary/aromatic N) is 2. The van der Waals surface area contributed by atoms with Crippen molar-refractivity contribution >= 4 is 5.82 Å². The summed E-state index contributed by atoms with van der Waals surface area (Å²) >= 11 is 0. The van der Waals surface area contributed by atoms with Crippen LogP contribution in [0.2, 0.25) is 0 Å². The normalized spacial score (nSPS) is 18.5. The van der Waals surface area contributed by atoms with Crippen molar-refractivity contribution in [3.63, 3.8) is 0 Å². The van der Waals surface area contributed by atoms with Crippen LogP contribution in [-0.2, 0) is 4.74 Å².